The third-order valence-electron chi connectivity index (χ3n) is 0.874. The Balaban J connectivity index is 3.24. The Hall–Kier alpha value is -0.460. The maximum Gasteiger partial charge on any atom is 0.246 e. The van der Waals surface area contributed by atoms with Crippen molar-refractivity contribution in [3.05, 3.63) is 0 Å². The Labute approximate surface area is 67.4 Å². The Kier molecular flexibility index (Phi) is 6.00. The van der Waals surface area contributed by atoms with Crippen LogP contribution in [-0.4, -0.2) is 40.7 Å². The molecule has 1 unspecified atom stereocenters. The van der Waals surface area contributed by atoms with Crippen LogP contribution in [0, 0.1) is 0 Å². The second-order valence-corrected chi connectivity index (χ2v) is 2.86. The van der Waals surface area contributed by atoms with Gasteiger partial charge in [0.2, 0.25) is 5.91 Å². The highest BCUT2D eigenvalue weighted by molar-refractivity contribution is 7.79. The van der Waals surface area contributed by atoms with Crippen LogP contribution >= 0.6 is 0 Å². The predicted molar refractivity (Wildman–Crippen MR) is 40.5 cm³/mol. The quantitative estimate of drug-likeness (QED) is 0.532. The van der Waals surface area contributed by atoms with Gasteiger partial charge in [0.1, 0.15) is 6.61 Å². The molecule has 1 atom stereocenters. The van der Waals surface area contributed by atoms with Crippen LogP contribution in [0.25, 0.3) is 0 Å². The molecular formula is C5H11NO4S. The molecule has 6 heteroatoms. The minimum absolute atomic E-state index is 0.0158. The van der Waals surface area contributed by atoms with Gasteiger partial charge in [-0.1, -0.05) is 0 Å². The van der Waals surface area contributed by atoms with E-state index in [9.17, 15) is 9.00 Å². The smallest absolute Gasteiger partial charge is 0.246 e. The largest absolute Gasteiger partial charge is 0.375 e. The number of rotatable bonds is 5. The number of carbonyl (C=O) groups excluding carboxylic acids is 1. The summed E-state index contributed by atoms with van der Waals surface area (Å²) in [5, 5.41) is 2.40. The molecular weight excluding hydrogens is 170 g/mol. The summed E-state index contributed by atoms with van der Waals surface area (Å²) in [5.41, 5.74) is 0. The summed E-state index contributed by atoms with van der Waals surface area (Å²) in [7, 11) is 1.41. The van der Waals surface area contributed by atoms with Gasteiger partial charge >= 0.3 is 0 Å². The van der Waals surface area contributed by atoms with E-state index in [1.165, 1.54) is 7.11 Å². The summed E-state index contributed by atoms with van der Waals surface area (Å²) in [5.74, 6) is -0.229. The highest BCUT2D eigenvalue weighted by Crippen LogP contribution is 1.72. The Bertz CT molecular complexity index is 149. The fourth-order valence-corrected chi connectivity index (χ4v) is 0.737. The average molecular weight is 181 g/mol. The van der Waals surface area contributed by atoms with E-state index in [4.69, 9.17) is 4.55 Å². The molecule has 0 aromatic carbocycles. The fraction of sp³-hybridized carbons (Fsp3) is 0.800. The molecule has 0 aliphatic heterocycles. The zero-order valence-electron chi connectivity index (χ0n) is 6.20. The number of ether oxygens (including phenoxy) is 1. The summed E-state index contributed by atoms with van der Waals surface area (Å²) < 4.78 is 22.9. The van der Waals surface area contributed by atoms with Gasteiger partial charge in [0.05, 0.1) is 5.75 Å². The van der Waals surface area contributed by atoms with E-state index in [-0.39, 0.29) is 24.8 Å². The molecule has 0 bridgehead atoms. The topological polar surface area (TPSA) is 75.6 Å². The molecule has 1 amide bonds. The van der Waals surface area contributed by atoms with Gasteiger partial charge in [-0.25, -0.2) is 4.21 Å². The van der Waals surface area contributed by atoms with Gasteiger partial charge in [-0.3, -0.25) is 4.79 Å². The molecule has 0 aromatic heterocycles. The van der Waals surface area contributed by atoms with E-state index >= 15 is 0 Å². The van der Waals surface area contributed by atoms with Crippen molar-refractivity contribution >= 4 is 17.0 Å². The molecule has 0 aliphatic rings. The first-order valence-corrected chi connectivity index (χ1v) is 4.27. The second-order valence-electron chi connectivity index (χ2n) is 1.81. The summed E-state index contributed by atoms with van der Waals surface area (Å²) in [4.78, 5) is 10.6. The second kappa shape index (κ2) is 6.26. The lowest BCUT2D eigenvalue weighted by atomic mass is 10.6. The molecule has 66 valence electrons. The minimum Gasteiger partial charge on any atom is -0.375 e. The number of hydrogen-bond donors (Lipinski definition) is 2. The van der Waals surface area contributed by atoms with Crippen LogP contribution in [0.3, 0.4) is 0 Å². The SMILES string of the molecule is COCC(=O)NCCS(=O)O. The van der Waals surface area contributed by atoms with Gasteiger partial charge in [0, 0.05) is 13.7 Å². The normalized spacial score (nSPS) is 12.5. The highest BCUT2D eigenvalue weighted by Gasteiger charge is 1.99. The van der Waals surface area contributed by atoms with Crippen LogP contribution in [0.4, 0.5) is 0 Å². The number of nitrogens with one attached hydrogen (secondary N) is 1. The average Bonchev–Trinajstić information content (AvgIpc) is 1.87. The zero-order valence-corrected chi connectivity index (χ0v) is 7.02. The van der Waals surface area contributed by atoms with Gasteiger partial charge in [-0.15, -0.1) is 0 Å². The van der Waals surface area contributed by atoms with Crippen LogP contribution in [0.15, 0.2) is 0 Å². The van der Waals surface area contributed by atoms with Crippen LogP contribution in [0.5, 0.6) is 0 Å². The van der Waals surface area contributed by atoms with E-state index in [0.29, 0.717) is 0 Å². The maximum atomic E-state index is 10.6. The van der Waals surface area contributed by atoms with E-state index in [2.05, 4.69) is 10.1 Å². The summed E-state index contributed by atoms with van der Waals surface area (Å²) in [6.07, 6.45) is 0. The highest BCUT2D eigenvalue weighted by atomic mass is 32.2. The molecule has 0 aliphatic carbocycles. The van der Waals surface area contributed by atoms with Gasteiger partial charge in [-0.2, -0.15) is 0 Å². The Morgan fingerprint density at radius 3 is 2.82 bits per heavy atom. The van der Waals surface area contributed by atoms with Gasteiger partial charge < -0.3 is 14.6 Å². The molecule has 0 saturated carbocycles. The van der Waals surface area contributed by atoms with Gasteiger partial charge in [0.25, 0.3) is 0 Å². The van der Waals surface area contributed by atoms with Crippen molar-refractivity contribution in [1.82, 2.24) is 5.32 Å². The molecule has 0 fully saturated rings. The van der Waals surface area contributed by atoms with Crippen molar-refractivity contribution in [2.75, 3.05) is 26.0 Å². The minimum atomic E-state index is -1.84. The molecule has 0 saturated heterocycles. The monoisotopic (exact) mass is 181 g/mol. The first-order valence-electron chi connectivity index (χ1n) is 3.00. The van der Waals surface area contributed by atoms with E-state index in [1.54, 1.807) is 0 Å². The van der Waals surface area contributed by atoms with Crippen LogP contribution < -0.4 is 5.32 Å². The van der Waals surface area contributed by atoms with Crippen LogP contribution in [0.1, 0.15) is 0 Å². The Morgan fingerprint density at radius 2 is 2.36 bits per heavy atom. The van der Waals surface area contributed by atoms with Crippen molar-refractivity contribution in [2.45, 2.75) is 0 Å². The summed E-state index contributed by atoms with van der Waals surface area (Å²) in [6.45, 7) is 0.184. The molecule has 5 nitrogen and oxygen atoms in total. The molecule has 0 radical (unpaired) electrons. The van der Waals surface area contributed by atoms with Gasteiger partial charge in [-0.05, 0) is 0 Å². The predicted octanol–water partition coefficient (Wildman–Crippen LogP) is -1.03. The lowest BCUT2D eigenvalue weighted by molar-refractivity contribution is -0.124. The zero-order chi connectivity index (χ0) is 8.69. The van der Waals surface area contributed by atoms with Crippen molar-refractivity contribution in [2.24, 2.45) is 0 Å². The maximum absolute atomic E-state index is 10.6. The number of amides is 1. The third-order valence-corrected chi connectivity index (χ3v) is 1.43. The summed E-state index contributed by atoms with van der Waals surface area (Å²) >= 11 is -1.84. The van der Waals surface area contributed by atoms with Gasteiger partial charge in [0.15, 0.2) is 11.1 Å². The molecule has 0 aromatic rings. The fourth-order valence-electron chi connectivity index (χ4n) is 0.460. The first-order chi connectivity index (χ1) is 5.16. The van der Waals surface area contributed by atoms with Crippen molar-refractivity contribution in [3.8, 4) is 0 Å². The van der Waals surface area contributed by atoms with Crippen molar-refractivity contribution in [3.63, 3.8) is 0 Å². The number of methoxy groups -OCH3 is 1. The molecule has 0 spiro atoms. The van der Waals surface area contributed by atoms with Crippen molar-refractivity contribution in [1.29, 1.82) is 0 Å². The van der Waals surface area contributed by atoms with E-state index in [1.807, 2.05) is 0 Å². The lowest BCUT2D eigenvalue weighted by Gasteiger charge is -2.00. The standard InChI is InChI=1S/C5H11NO4S/c1-10-4-5(7)6-2-3-11(8)9/h2-4H2,1H3,(H,6,7)(H,8,9). The van der Waals surface area contributed by atoms with E-state index in [0.717, 1.165) is 0 Å². The van der Waals surface area contributed by atoms with Crippen LogP contribution in [0.2, 0.25) is 0 Å². The number of hydrogen-bond acceptors (Lipinski definition) is 3. The van der Waals surface area contributed by atoms with Crippen LogP contribution in [-0.2, 0) is 20.6 Å². The molecule has 0 rings (SSSR count). The van der Waals surface area contributed by atoms with E-state index < -0.39 is 11.1 Å². The number of carbonyl (C=O) groups is 1. The lowest BCUT2D eigenvalue weighted by Crippen LogP contribution is -2.30. The molecule has 2 N–H and O–H groups in total. The van der Waals surface area contributed by atoms with Crippen molar-refractivity contribution < 1.29 is 18.3 Å². The first kappa shape index (κ1) is 10.5. The molecule has 0 heterocycles. The molecule has 11 heavy (non-hydrogen) atoms. The summed E-state index contributed by atoms with van der Waals surface area (Å²) in [6, 6.07) is 0. The third kappa shape index (κ3) is 7.44. The Morgan fingerprint density at radius 1 is 1.73 bits per heavy atom.